The number of nitrogens with one attached hydrogen (secondary N) is 3. The number of Topliss-reactive ketones (excluding diaryl/α,β-unsaturated/α-hetero) is 1. The van der Waals surface area contributed by atoms with Crippen LogP contribution in [0.4, 0.5) is 0 Å². The van der Waals surface area contributed by atoms with Gasteiger partial charge in [0, 0.05) is 13.1 Å². The molecule has 268 valence electrons. The predicted molar refractivity (Wildman–Crippen MR) is 187 cm³/mol. The third-order valence-electron chi connectivity index (χ3n) is 10.9. The van der Waals surface area contributed by atoms with Crippen LogP contribution >= 0.6 is 11.3 Å². The van der Waals surface area contributed by atoms with E-state index in [1.807, 2.05) is 26.2 Å². The molecule has 4 fully saturated rings. The van der Waals surface area contributed by atoms with Crippen molar-refractivity contribution in [3.63, 3.8) is 0 Å². The Morgan fingerprint density at radius 2 is 1.80 bits per heavy atom. The molecule has 5 rings (SSSR count). The summed E-state index contributed by atoms with van der Waals surface area (Å²) >= 11 is 1.32. The van der Waals surface area contributed by atoms with Crippen LogP contribution in [0.3, 0.4) is 0 Å². The normalized spacial score (nSPS) is 24.6. The van der Waals surface area contributed by atoms with Gasteiger partial charge in [0.25, 0.3) is 11.8 Å². The highest BCUT2D eigenvalue weighted by Gasteiger charge is 2.65. The van der Waals surface area contributed by atoms with Crippen molar-refractivity contribution in [2.24, 2.45) is 23.2 Å². The third-order valence-corrected chi connectivity index (χ3v) is 11.8. The predicted octanol–water partition coefficient (Wildman–Crippen LogP) is 3.84. The summed E-state index contributed by atoms with van der Waals surface area (Å²) in [6.45, 7) is 14.0. The fraction of sp³-hybridized carbons (Fsp3) is 0.676. The summed E-state index contributed by atoms with van der Waals surface area (Å²) in [6, 6.07) is 0.0756. The summed E-state index contributed by atoms with van der Waals surface area (Å²) in [5, 5.41) is 10.2. The zero-order chi connectivity index (χ0) is 35.7. The van der Waals surface area contributed by atoms with Crippen molar-refractivity contribution >= 4 is 46.7 Å². The Balaban J connectivity index is 1.42. The van der Waals surface area contributed by atoms with Crippen molar-refractivity contribution in [3.8, 4) is 0 Å². The topological polar surface area (TPSA) is 145 Å². The molecular formula is C37H53N5O6S. The lowest BCUT2D eigenvalue weighted by Gasteiger charge is -2.63. The van der Waals surface area contributed by atoms with Gasteiger partial charge in [-0.2, -0.15) is 0 Å². The molecule has 2 saturated carbocycles. The summed E-state index contributed by atoms with van der Waals surface area (Å²) in [5.74, 6) is -2.32. The Labute approximate surface area is 294 Å². The molecule has 5 atom stereocenters. The van der Waals surface area contributed by atoms with Crippen molar-refractivity contribution in [1.82, 2.24) is 25.8 Å². The van der Waals surface area contributed by atoms with Gasteiger partial charge in [-0.1, -0.05) is 78.9 Å². The van der Waals surface area contributed by atoms with Crippen LogP contribution in [0.25, 0.3) is 0 Å². The van der Waals surface area contributed by atoms with E-state index in [1.165, 1.54) is 17.4 Å². The number of carbonyl (C=O) groups is 6. The minimum absolute atomic E-state index is 0.0300. The van der Waals surface area contributed by atoms with Gasteiger partial charge < -0.3 is 25.8 Å². The van der Waals surface area contributed by atoms with E-state index in [1.54, 1.807) is 21.9 Å². The quantitative estimate of drug-likeness (QED) is 0.163. The van der Waals surface area contributed by atoms with Gasteiger partial charge in [0.15, 0.2) is 0 Å². The van der Waals surface area contributed by atoms with Crippen LogP contribution in [0, 0.1) is 23.2 Å². The van der Waals surface area contributed by atoms with E-state index in [-0.39, 0.29) is 42.0 Å². The zero-order valence-corrected chi connectivity index (χ0v) is 30.4. The average molecular weight is 696 g/mol. The second-order valence-electron chi connectivity index (χ2n) is 15.9. The molecule has 0 aromatic carbocycles. The van der Waals surface area contributed by atoms with Crippen LogP contribution in [0.5, 0.6) is 0 Å². The van der Waals surface area contributed by atoms with E-state index in [0.29, 0.717) is 37.1 Å². The summed E-state index contributed by atoms with van der Waals surface area (Å²) < 4.78 is 0. The Bertz CT molecular complexity index is 1440. The number of hydrogen-bond acceptors (Lipinski definition) is 7. The number of carbonyl (C=O) groups excluding carboxylic acids is 6. The molecule has 2 saturated heterocycles. The highest BCUT2D eigenvalue weighted by Crippen LogP contribution is 2.49. The molecule has 2 aliphatic carbocycles. The van der Waals surface area contributed by atoms with Crippen molar-refractivity contribution < 1.29 is 28.8 Å². The molecule has 11 nitrogen and oxygen atoms in total. The fourth-order valence-corrected chi connectivity index (χ4v) is 8.64. The Kier molecular flexibility index (Phi) is 11.1. The molecule has 4 aliphatic rings. The van der Waals surface area contributed by atoms with Crippen LogP contribution in [-0.4, -0.2) is 87.9 Å². The molecule has 3 N–H and O–H groups in total. The number of likely N-dealkylation sites (tertiary alicyclic amines) is 2. The zero-order valence-electron chi connectivity index (χ0n) is 29.6. The van der Waals surface area contributed by atoms with E-state index in [4.69, 9.17) is 0 Å². The van der Waals surface area contributed by atoms with Crippen LogP contribution in [0.1, 0.15) is 102 Å². The molecule has 1 spiro atoms. The monoisotopic (exact) mass is 695 g/mol. The molecule has 49 heavy (non-hydrogen) atoms. The Morgan fingerprint density at radius 3 is 2.37 bits per heavy atom. The van der Waals surface area contributed by atoms with Gasteiger partial charge in [-0.3, -0.25) is 28.8 Å². The summed E-state index contributed by atoms with van der Waals surface area (Å²) in [5.41, 5.74) is -1.39. The number of ketones is 1. The third kappa shape index (κ3) is 7.64. The summed E-state index contributed by atoms with van der Waals surface area (Å²) in [6.07, 6.45) is 8.25. The first-order valence-corrected chi connectivity index (χ1v) is 18.8. The minimum atomic E-state index is -0.992. The lowest BCUT2D eigenvalue weighted by atomic mass is 9.65. The number of thiophene rings is 1. The molecule has 12 heteroatoms. The van der Waals surface area contributed by atoms with Crippen LogP contribution in [0.2, 0.25) is 0 Å². The molecule has 1 aromatic heterocycles. The first-order chi connectivity index (χ1) is 23.2. The number of nitrogens with zero attached hydrogens (tertiary/aromatic N) is 2. The highest BCUT2D eigenvalue weighted by molar-refractivity contribution is 7.12. The maximum atomic E-state index is 15.0. The second-order valence-corrected chi connectivity index (χ2v) is 16.8. The SMILES string of the molecule is C=CCNC(=O)C(=O)C(CC1CC1)NC(=O)[C@@H]1C[C@@H](C(C)C)CN1C(=O)[C@@H](N1C(=O)[C@@H](NC(=O)c2cccs2)C12CCCCC2)C(C)(C)C. The van der Waals surface area contributed by atoms with Gasteiger partial charge in [0.05, 0.1) is 16.5 Å². The van der Waals surface area contributed by atoms with Crippen molar-refractivity contribution in [2.45, 2.75) is 122 Å². The molecule has 3 heterocycles. The largest absolute Gasteiger partial charge is 0.346 e. The molecule has 0 radical (unpaired) electrons. The Hall–Kier alpha value is -3.54. The maximum Gasteiger partial charge on any atom is 0.289 e. The standard InChI is InChI=1S/C37H53N5O6S/c1-7-17-38-33(46)28(43)25(19-23-13-14-23)39-31(44)26-20-24(22(2)3)21-41(26)35(48)30(36(4,5)6)42-34(47)29(37(42)15-9-8-10-16-37)40-32(45)27-12-11-18-49-27/h7,11-12,18,22-26,29-30H,1,8-10,13-17,19-21H2,2-6H3,(H,38,46)(H,39,44)(H,40,45)/t24-,25?,26+,29-,30-/m1/s1. The number of β-lactam (4-membered cyclic amide) rings is 1. The smallest absolute Gasteiger partial charge is 0.289 e. The molecule has 5 amide bonds. The van der Waals surface area contributed by atoms with Crippen molar-refractivity contribution in [1.29, 1.82) is 0 Å². The van der Waals surface area contributed by atoms with Gasteiger partial charge in [0.2, 0.25) is 23.5 Å². The van der Waals surface area contributed by atoms with Gasteiger partial charge in [-0.05, 0) is 60.3 Å². The summed E-state index contributed by atoms with van der Waals surface area (Å²) in [4.78, 5) is 86.2. The van der Waals surface area contributed by atoms with E-state index in [0.717, 1.165) is 32.1 Å². The molecule has 2 aliphatic heterocycles. The average Bonchev–Trinajstić information content (AvgIpc) is 3.50. The molecule has 0 bridgehead atoms. The fourth-order valence-electron chi connectivity index (χ4n) is 8.01. The molecule has 1 unspecified atom stereocenters. The van der Waals surface area contributed by atoms with E-state index < -0.39 is 52.7 Å². The highest BCUT2D eigenvalue weighted by atomic mass is 32.1. The van der Waals surface area contributed by atoms with Crippen LogP contribution in [0.15, 0.2) is 30.2 Å². The minimum Gasteiger partial charge on any atom is -0.346 e. The summed E-state index contributed by atoms with van der Waals surface area (Å²) in [7, 11) is 0. The number of amides is 5. The van der Waals surface area contributed by atoms with E-state index >= 15 is 0 Å². The number of hydrogen-bond donors (Lipinski definition) is 3. The maximum absolute atomic E-state index is 15.0. The lowest BCUT2D eigenvalue weighted by Crippen LogP contribution is -2.83. The van der Waals surface area contributed by atoms with Crippen LogP contribution in [-0.2, 0) is 24.0 Å². The molecular weight excluding hydrogens is 643 g/mol. The van der Waals surface area contributed by atoms with Crippen LogP contribution < -0.4 is 16.0 Å². The first kappa shape index (κ1) is 36.7. The van der Waals surface area contributed by atoms with E-state index in [9.17, 15) is 28.8 Å². The number of rotatable bonds is 13. The van der Waals surface area contributed by atoms with Gasteiger partial charge >= 0.3 is 0 Å². The first-order valence-electron chi connectivity index (χ1n) is 17.9. The van der Waals surface area contributed by atoms with E-state index in [2.05, 4.69) is 36.4 Å². The van der Waals surface area contributed by atoms with Gasteiger partial charge in [0.1, 0.15) is 18.1 Å². The van der Waals surface area contributed by atoms with Gasteiger partial charge in [-0.15, -0.1) is 17.9 Å². The second kappa shape index (κ2) is 14.7. The van der Waals surface area contributed by atoms with Crippen molar-refractivity contribution in [2.75, 3.05) is 13.1 Å². The molecule has 1 aromatic rings. The lowest BCUT2D eigenvalue weighted by molar-refractivity contribution is -0.186. The van der Waals surface area contributed by atoms with Gasteiger partial charge in [-0.25, -0.2) is 0 Å². The Morgan fingerprint density at radius 1 is 1.10 bits per heavy atom. The van der Waals surface area contributed by atoms with Crippen molar-refractivity contribution in [3.05, 3.63) is 35.0 Å².